The molecule has 0 aliphatic carbocycles. The Morgan fingerprint density at radius 2 is 2.00 bits per heavy atom. The molecule has 0 saturated carbocycles. The second-order valence-electron chi connectivity index (χ2n) is 6.43. The van der Waals surface area contributed by atoms with E-state index < -0.39 is 6.10 Å². The lowest BCUT2D eigenvalue weighted by atomic mass is 9.98. The fourth-order valence-corrected chi connectivity index (χ4v) is 3.69. The molecule has 2 unspecified atom stereocenters. The van der Waals surface area contributed by atoms with Gasteiger partial charge in [0.1, 0.15) is 0 Å². The van der Waals surface area contributed by atoms with Crippen molar-refractivity contribution in [2.75, 3.05) is 31.6 Å². The van der Waals surface area contributed by atoms with Crippen LogP contribution in [0, 0.1) is 0 Å². The molecule has 2 aromatic rings. The van der Waals surface area contributed by atoms with Crippen molar-refractivity contribution >= 4 is 5.95 Å². The molecule has 3 heterocycles. The number of hydrogen-bond acceptors (Lipinski definition) is 6. The molecule has 1 fully saturated rings. The van der Waals surface area contributed by atoms with Gasteiger partial charge in [-0.25, -0.2) is 4.98 Å². The standard InChI is InChI=1S/C18H22N4O2/c1-24-17-6-8-19-18(20-17)22-11-15(16(23)12-22)21-9-7-13-4-2-3-5-14(13)10-21/h2-6,8,15-16,23H,7,9-12H2,1H3. The number of hydrogen-bond donors (Lipinski definition) is 1. The highest BCUT2D eigenvalue weighted by atomic mass is 16.5. The van der Waals surface area contributed by atoms with Gasteiger partial charge in [-0.15, -0.1) is 0 Å². The van der Waals surface area contributed by atoms with Gasteiger partial charge in [-0.05, 0) is 17.5 Å². The Morgan fingerprint density at radius 1 is 1.17 bits per heavy atom. The molecule has 0 amide bonds. The number of rotatable bonds is 3. The molecule has 24 heavy (non-hydrogen) atoms. The maximum Gasteiger partial charge on any atom is 0.228 e. The van der Waals surface area contributed by atoms with Gasteiger partial charge in [-0.2, -0.15) is 4.98 Å². The molecular formula is C18H22N4O2. The summed E-state index contributed by atoms with van der Waals surface area (Å²) in [5.41, 5.74) is 2.79. The van der Waals surface area contributed by atoms with E-state index in [4.69, 9.17) is 4.74 Å². The summed E-state index contributed by atoms with van der Waals surface area (Å²) in [5, 5.41) is 10.6. The lowest BCUT2D eigenvalue weighted by Gasteiger charge is -2.34. The largest absolute Gasteiger partial charge is 0.481 e. The number of fused-ring (bicyclic) bond motifs is 1. The summed E-state index contributed by atoms with van der Waals surface area (Å²) in [4.78, 5) is 13.1. The Labute approximate surface area is 141 Å². The van der Waals surface area contributed by atoms with Crippen LogP contribution in [-0.4, -0.2) is 58.9 Å². The Hall–Kier alpha value is -2.18. The molecule has 1 N–H and O–H groups in total. The van der Waals surface area contributed by atoms with Crippen molar-refractivity contribution in [2.45, 2.75) is 25.1 Å². The Balaban J connectivity index is 1.49. The molecule has 2 aliphatic heterocycles. The first-order valence-corrected chi connectivity index (χ1v) is 8.35. The third-order valence-electron chi connectivity index (χ3n) is 5.00. The summed E-state index contributed by atoms with van der Waals surface area (Å²) < 4.78 is 5.17. The predicted octanol–water partition coefficient (Wildman–Crippen LogP) is 1.09. The number of aliphatic hydroxyl groups excluding tert-OH is 1. The van der Waals surface area contributed by atoms with E-state index in [2.05, 4.69) is 39.1 Å². The van der Waals surface area contributed by atoms with E-state index in [1.807, 2.05) is 4.90 Å². The van der Waals surface area contributed by atoms with Crippen LogP contribution in [0.1, 0.15) is 11.1 Å². The third kappa shape index (κ3) is 2.83. The number of β-amino-alcohol motifs (C(OH)–C–C–N with tert-alkyl or cyclic N) is 1. The van der Waals surface area contributed by atoms with Crippen LogP contribution in [0.2, 0.25) is 0 Å². The topological polar surface area (TPSA) is 61.7 Å². The van der Waals surface area contributed by atoms with Gasteiger partial charge < -0.3 is 14.7 Å². The molecule has 1 aromatic heterocycles. The molecule has 1 aromatic carbocycles. The minimum Gasteiger partial charge on any atom is -0.481 e. The number of anilines is 1. The summed E-state index contributed by atoms with van der Waals surface area (Å²) in [6.07, 6.45) is 2.33. The van der Waals surface area contributed by atoms with Gasteiger partial charge in [0.05, 0.1) is 19.3 Å². The summed E-state index contributed by atoms with van der Waals surface area (Å²) in [6.45, 7) is 3.16. The average molecular weight is 326 g/mol. The van der Waals surface area contributed by atoms with Crippen molar-refractivity contribution in [3.05, 3.63) is 47.7 Å². The van der Waals surface area contributed by atoms with Crippen LogP contribution in [-0.2, 0) is 13.0 Å². The minimum atomic E-state index is -0.398. The molecule has 0 radical (unpaired) electrons. The monoisotopic (exact) mass is 326 g/mol. The number of methoxy groups -OCH3 is 1. The van der Waals surface area contributed by atoms with Gasteiger partial charge in [-0.3, -0.25) is 4.90 Å². The maximum absolute atomic E-state index is 10.6. The second kappa shape index (κ2) is 6.37. The smallest absolute Gasteiger partial charge is 0.228 e. The number of ether oxygens (including phenoxy) is 1. The second-order valence-corrected chi connectivity index (χ2v) is 6.43. The van der Waals surface area contributed by atoms with E-state index in [1.54, 1.807) is 19.4 Å². The van der Waals surface area contributed by atoms with Gasteiger partial charge >= 0.3 is 0 Å². The van der Waals surface area contributed by atoms with Gasteiger partial charge in [0.2, 0.25) is 11.8 Å². The minimum absolute atomic E-state index is 0.105. The molecule has 0 spiro atoms. The molecule has 6 heteroatoms. The maximum atomic E-state index is 10.6. The summed E-state index contributed by atoms with van der Waals surface area (Å²) in [6, 6.07) is 10.4. The van der Waals surface area contributed by atoms with E-state index in [0.29, 0.717) is 18.4 Å². The van der Waals surface area contributed by atoms with Gasteiger partial charge in [0.15, 0.2) is 0 Å². The number of aromatic nitrogens is 2. The molecule has 6 nitrogen and oxygen atoms in total. The summed E-state index contributed by atoms with van der Waals surface area (Å²) >= 11 is 0. The lowest BCUT2D eigenvalue weighted by Crippen LogP contribution is -2.45. The van der Waals surface area contributed by atoms with E-state index in [-0.39, 0.29) is 6.04 Å². The molecule has 0 bridgehead atoms. The Kier molecular flexibility index (Phi) is 4.08. The third-order valence-corrected chi connectivity index (χ3v) is 5.00. The lowest BCUT2D eigenvalue weighted by molar-refractivity contribution is 0.0747. The first-order chi connectivity index (χ1) is 11.7. The molecular weight excluding hydrogens is 304 g/mol. The first-order valence-electron chi connectivity index (χ1n) is 8.35. The molecule has 4 rings (SSSR count). The van der Waals surface area contributed by atoms with Crippen LogP contribution < -0.4 is 9.64 Å². The SMILES string of the molecule is COc1ccnc(N2CC(O)C(N3CCc4ccccc4C3)C2)n1. The van der Waals surface area contributed by atoms with Crippen LogP contribution in [0.25, 0.3) is 0 Å². The fraction of sp³-hybridized carbons (Fsp3) is 0.444. The van der Waals surface area contributed by atoms with Gasteiger partial charge in [0.25, 0.3) is 0 Å². The summed E-state index contributed by atoms with van der Waals surface area (Å²) in [7, 11) is 1.60. The van der Waals surface area contributed by atoms with Gasteiger partial charge in [0, 0.05) is 38.4 Å². The number of benzene rings is 1. The number of aliphatic hydroxyl groups is 1. The van der Waals surface area contributed by atoms with Crippen molar-refractivity contribution in [3.63, 3.8) is 0 Å². The van der Waals surface area contributed by atoms with Crippen molar-refractivity contribution in [1.29, 1.82) is 0 Å². The molecule has 2 atom stereocenters. The first kappa shape index (κ1) is 15.4. The number of nitrogens with zero attached hydrogens (tertiary/aromatic N) is 4. The van der Waals surface area contributed by atoms with Crippen LogP contribution in [0.4, 0.5) is 5.95 Å². The molecule has 1 saturated heterocycles. The van der Waals surface area contributed by atoms with E-state index in [9.17, 15) is 5.11 Å². The zero-order valence-electron chi connectivity index (χ0n) is 13.8. The van der Waals surface area contributed by atoms with E-state index in [0.717, 1.165) is 26.1 Å². The van der Waals surface area contributed by atoms with Crippen LogP contribution in [0.5, 0.6) is 5.88 Å². The molecule has 126 valence electrons. The Bertz CT molecular complexity index is 724. The quantitative estimate of drug-likeness (QED) is 0.911. The van der Waals surface area contributed by atoms with Crippen molar-refractivity contribution in [1.82, 2.24) is 14.9 Å². The molecule has 2 aliphatic rings. The van der Waals surface area contributed by atoms with E-state index in [1.165, 1.54) is 11.1 Å². The predicted molar refractivity (Wildman–Crippen MR) is 91.1 cm³/mol. The van der Waals surface area contributed by atoms with E-state index >= 15 is 0 Å². The normalized spacial score (nSPS) is 24.0. The highest BCUT2D eigenvalue weighted by molar-refractivity contribution is 5.36. The summed E-state index contributed by atoms with van der Waals surface area (Å²) in [5.74, 6) is 1.16. The van der Waals surface area contributed by atoms with Crippen LogP contribution in [0.3, 0.4) is 0 Å². The van der Waals surface area contributed by atoms with Crippen LogP contribution in [0.15, 0.2) is 36.5 Å². The highest BCUT2D eigenvalue weighted by Gasteiger charge is 2.37. The average Bonchev–Trinajstić information content (AvgIpc) is 3.03. The van der Waals surface area contributed by atoms with Crippen molar-refractivity contribution in [3.8, 4) is 5.88 Å². The van der Waals surface area contributed by atoms with Crippen molar-refractivity contribution in [2.24, 2.45) is 0 Å². The fourth-order valence-electron chi connectivity index (χ4n) is 3.69. The Morgan fingerprint density at radius 3 is 2.83 bits per heavy atom. The van der Waals surface area contributed by atoms with Crippen LogP contribution >= 0.6 is 0 Å². The van der Waals surface area contributed by atoms with Crippen molar-refractivity contribution < 1.29 is 9.84 Å². The zero-order chi connectivity index (χ0) is 16.5. The zero-order valence-corrected chi connectivity index (χ0v) is 13.8. The van der Waals surface area contributed by atoms with Gasteiger partial charge in [-0.1, -0.05) is 24.3 Å². The highest BCUT2D eigenvalue weighted by Crippen LogP contribution is 2.26.